The Kier molecular flexibility index (Phi) is 2.24. The van der Waals surface area contributed by atoms with Crippen LogP contribution in [-0.4, -0.2) is 13.2 Å². The third kappa shape index (κ3) is 1.44. The van der Waals surface area contributed by atoms with E-state index in [1.54, 1.807) is 0 Å². The number of fused-ring (bicyclic) bond motifs is 1. The second-order valence-corrected chi connectivity index (χ2v) is 4.10. The summed E-state index contributed by atoms with van der Waals surface area (Å²) >= 11 is 5.90. The lowest BCUT2D eigenvalue weighted by atomic mass is 9.79. The van der Waals surface area contributed by atoms with Crippen LogP contribution in [0.5, 0.6) is 0 Å². The van der Waals surface area contributed by atoms with Crippen molar-refractivity contribution < 1.29 is 4.74 Å². The fraction of sp³-hybridized carbons (Fsp3) is 0.600. The first-order valence-electron chi connectivity index (χ1n) is 4.40. The molecule has 0 saturated carbocycles. The van der Waals surface area contributed by atoms with Crippen molar-refractivity contribution in [1.29, 1.82) is 0 Å². The monoisotopic (exact) mass is 184 g/mol. The Bertz CT molecular complexity index is 232. The first-order chi connectivity index (χ1) is 5.77. The fourth-order valence-electron chi connectivity index (χ4n) is 1.99. The van der Waals surface area contributed by atoms with Crippen molar-refractivity contribution in [1.82, 2.24) is 0 Å². The second kappa shape index (κ2) is 3.23. The van der Waals surface area contributed by atoms with E-state index in [-0.39, 0.29) is 0 Å². The molecule has 2 rings (SSSR count). The van der Waals surface area contributed by atoms with Gasteiger partial charge in [0, 0.05) is 17.6 Å². The molecule has 0 N–H and O–H groups in total. The first-order valence-corrected chi connectivity index (χ1v) is 4.78. The number of ether oxygens (including phenoxy) is 1. The zero-order valence-corrected chi connectivity index (χ0v) is 7.92. The van der Waals surface area contributed by atoms with Crippen LogP contribution in [0.4, 0.5) is 0 Å². The minimum atomic E-state index is 0.506. The van der Waals surface area contributed by atoms with Crippen LogP contribution in [-0.2, 0) is 4.74 Å². The Morgan fingerprint density at radius 2 is 2.33 bits per heavy atom. The van der Waals surface area contributed by atoms with Gasteiger partial charge >= 0.3 is 0 Å². The van der Waals surface area contributed by atoms with E-state index in [9.17, 15) is 0 Å². The van der Waals surface area contributed by atoms with E-state index in [2.05, 4.69) is 19.1 Å². The van der Waals surface area contributed by atoms with E-state index in [1.807, 2.05) is 6.08 Å². The number of hydrogen-bond donors (Lipinski definition) is 0. The molecule has 66 valence electrons. The molecule has 2 heteroatoms. The van der Waals surface area contributed by atoms with Gasteiger partial charge in [0.1, 0.15) is 0 Å². The van der Waals surface area contributed by atoms with E-state index in [4.69, 9.17) is 16.3 Å². The highest BCUT2D eigenvalue weighted by molar-refractivity contribution is 6.31. The lowest BCUT2D eigenvalue weighted by molar-refractivity contribution is 0.00953. The molecule has 3 atom stereocenters. The van der Waals surface area contributed by atoms with Gasteiger partial charge in [0.05, 0.1) is 6.61 Å². The van der Waals surface area contributed by atoms with Crippen LogP contribution in [0.1, 0.15) is 6.92 Å². The molecule has 0 aromatic heterocycles. The van der Waals surface area contributed by atoms with Gasteiger partial charge in [-0.15, -0.1) is 0 Å². The largest absolute Gasteiger partial charge is 0.381 e. The zero-order chi connectivity index (χ0) is 8.55. The Labute approximate surface area is 78.0 Å². The highest BCUT2D eigenvalue weighted by Crippen LogP contribution is 2.33. The molecule has 0 amide bonds. The maximum atomic E-state index is 5.90. The van der Waals surface area contributed by atoms with E-state index < -0.39 is 0 Å². The van der Waals surface area contributed by atoms with E-state index in [0.29, 0.717) is 17.8 Å². The predicted octanol–water partition coefficient (Wildman–Crippen LogP) is 2.58. The number of hydrogen-bond acceptors (Lipinski definition) is 1. The van der Waals surface area contributed by atoms with Crippen LogP contribution in [0.15, 0.2) is 23.3 Å². The maximum Gasteiger partial charge on any atom is 0.0535 e. The van der Waals surface area contributed by atoms with Crippen molar-refractivity contribution in [2.45, 2.75) is 6.92 Å². The minimum absolute atomic E-state index is 0.506. The van der Waals surface area contributed by atoms with Gasteiger partial charge < -0.3 is 4.74 Å². The molecule has 2 unspecified atom stereocenters. The third-order valence-corrected chi connectivity index (χ3v) is 2.95. The summed E-state index contributed by atoms with van der Waals surface area (Å²) in [7, 11) is 0. The van der Waals surface area contributed by atoms with Gasteiger partial charge in [0.15, 0.2) is 0 Å². The lowest BCUT2D eigenvalue weighted by Gasteiger charge is -2.34. The fourth-order valence-corrected chi connectivity index (χ4v) is 2.22. The normalized spacial score (nSPS) is 40.5. The smallest absolute Gasteiger partial charge is 0.0535 e. The average Bonchev–Trinajstić information content (AvgIpc) is 2.04. The SMILES string of the molecule is C[C@@H]1COCC2C=C(Cl)C=CC21. The Balaban J connectivity index is 2.17. The summed E-state index contributed by atoms with van der Waals surface area (Å²) in [5, 5.41) is 0.856. The van der Waals surface area contributed by atoms with Gasteiger partial charge in [-0.25, -0.2) is 0 Å². The second-order valence-electron chi connectivity index (χ2n) is 3.67. The summed E-state index contributed by atoms with van der Waals surface area (Å²) < 4.78 is 5.46. The van der Waals surface area contributed by atoms with Gasteiger partial charge in [-0.2, -0.15) is 0 Å². The molecule has 0 aromatic carbocycles. The highest BCUT2D eigenvalue weighted by atomic mass is 35.5. The van der Waals surface area contributed by atoms with E-state index >= 15 is 0 Å². The van der Waals surface area contributed by atoms with Crippen LogP contribution >= 0.6 is 11.6 Å². The predicted molar refractivity (Wildman–Crippen MR) is 50.0 cm³/mol. The summed E-state index contributed by atoms with van der Waals surface area (Å²) in [6, 6.07) is 0. The van der Waals surface area contributed by atoms with Crippen molar-refractivity contribution in [2.75, 3.05) is 13.2 Å². The summed E-state index contributed by atoms with van der Waals surface area (Å²) in [6.45, 7) is 3.95. The van der Waals surface area contributed by atoms with Gasteiger partial charge in [-0.1, -0.05) is 30.7 Å². The quantitative estimate of drug-likeness (QED) is 0.563. The van der Waals surface area contributed by atoms with Crippen LogP contribution in [0.3, 0.4) is 0 Å². The Morgan fingerprint density at radius 1 is 1.50 bits per heavy atom. The molecule has 1 saturated heterocycles. The molecule has 1 nitrogen and oxygen atoms in total. The van der Waals surface area contributed by atoms with Crippen molar-refractivity contribution in [3.63, 3.8) is 0 Å². The van der Waals surface area contributed by atoms with Crippen LogP contribution < -0.4 is 0 Å². The van der Waals surface area contributed by atoms with Crippen molar-refractivity contribution in [2.24, 2.45) is 17.8 Å². The molecular formula is C10H13ClO. The lowest BCUT2D eigenvalue weighted by Crippen LogP contribution is -2.33. The van der Waals surface area contributed by atoms with Crippen LogP contribution in [0, 0.1) is 17.8 Å². The van der Waals surface area contributed by atoms with E-state index in [1.165, 1.54) is 0 Å². The molecule has 0 aromatic rings. The third-order valence-electron chi connectivity index (χ3n) is 2.69. The standard InChI is InChI=1S/C10H13ClO/c1-7-5-12-6-8-4-9(11)2-3-10(7)8/h2-4,7-8,10H,5-6H2,1H3/t7-,8?,10?/m1/s1. The highest BCUT2D eigenvalue weighted by Gasteiger charge is 2.29. The molecule has 2 aliphatic rings. The topological polar surface area (TPSA) is 9.23 Å². The summed E-state index contributed by atoms with van der Waals surface area (Å²) in [6.07, 6.45) is 6.34. The molecule has 1 aliphatic carbocycles. The Morgan fingerprint density at radius 3 is 3.17 bits per heavy atom. The average molecular weight is 185 g/mol. The van der Waals surface area contributed by atoms with Crippen molar-refractivity contribution >= 4 is 11.6 Å². The van der Waals surface area contributed by atoms with Crippen LogP contribution in [0.25, 0.3) is 0 Å². The van der Waals surface area contributed by atoms with Crippen molar-refractivity contribution in [3.8, 4) is 0 Å². The number of allylic oxidation sites excluding steroid dienone is 3. The number of halogens is 1. The molecule has 1 fully saturated rings. The number of rotatable bonds is 0. The molecule has 12 heavy (non-hydrogen) atoms. The van der Waals surface area contributed by atoms with Gasteiger partial charge in [0.25, 0.3) is 0 Å². The molecule has 1 aliphatic heterocycles. The first kappa shape index (κ1) is 8.33. The maximum absolute atomic E-state index is 5.90. The molecule has 1 heterocycles. The molecule has 0 bridgehead atoms. The zero-order valence-electron chi connectivity index (χ0n) is 7.16. The minimum Gasteiger partial charge on any atom is -0.381 e. The molecule has 0 radical (unpaired) electrons. The van der Waals surface area contributed by atoms with Gasteiger partial charge in [0.2, 0.25) is 0 Å². The van der Waals surface area contributed by atoms with Crippen LogP contribution in [0.2, 0.25) is 0 Å². The summed E-state index contributed by atoms with van der Waals surface area (Å²) in [4.78, 5) is 0. The van der Waals surface area contributed by atoms with E-state index in [0.717, 1.165) is 18.2 Å². The van der Waals surface area contributed by atoms with Gasteiger partial charge in [-0.3, -0.25) is 0 Å². The molecule has 0 spiro atoms. The summed E-state index contributed by atoms with van der Waals surface area (Å²) in [5.41, 5.74) is 0. The van der Waals surface area contributed by atoms with Gasteiger partial charge in [-0.05, 0) is 17.9 Å². The van der Waals surface area contributed by atoms with Crippen molar-refractivity contribution in [3.05, 3.63) is 23.3 Å². The summed E-state index contributed by atoms with van der Waals surface area (Å²) in [5.74, 6) is 1.77. The molecular weight excluding hydrogens is 172 g/mol. The Hall–Kier alpha value is -0.270.